The van der Waals surface area contributed by atoms with Crippen molar-refractivity contribution in [1.82, 2.24) is 14.8 Å². The molecule has 42 heavy (non-hydrogen) atoms. The summed E-state index contributed by atoms with van der Waals surface area (Å²) in [7, 11) is 2.08. The number of hydrogen-bond donors (Lipinski definition) is 3. The van der Waals surface area contributed by atoms with E-state index in [1.54, 1.807) is 18.5 Å². The predicted molar refractivity (Wildman–Crippen MR) is 163 cm³/mol. The first-order chi connectivity index (χ1) is 20.1. The number of carbonyl (C=O) groups is 2. The minimum absolute atomic E-state index is 0.0308. The molecule has 0 radical (unpaired) electrons. The van der Waals surface area contributed by atoms with Gasteiger partial charge in [0.15, 0.2) is 0 Å². The van der Waals surface area contributed by atoms with Gasteiger partial charge in [0.05, 0.1) is 30.4 Å². The fraction of sp³-hybridized carbons (Fsp3) is 0.742. The Morgan fingerprint density at radius 3 is 2.55 bits per heavy atom. The second-order valence-corrected chi connectivity index (χ2v) is 12.9. The lowest BCUT2D eigenvalue weighted by atomic mass is 9.72. The number of hydrogen-bond acceptors (Lipinski definition) is 8. The van der Waals surface area contributed by atoms with Gasteiger partial charge >= 0.3 is 0 Å². The van der Waals surface area contributed by atoms with Crippen LogP contribution in [0.3, 0.4) is 0 Å². The Kier molecular flexibility index (Phi) is 11.3. The zero-order chi connectivity index (χ0) is 30.3. The summed E-state index contributed by atoms with van der Waals surface area (Å²) in [4.78, 5) is 39.7. The van der Waals surface area contributed by atoms with Gasteiger partial charge in [0.2, 0.25) is 11.8 Å². The van der Waals surface area contributed by atoms with Crippen molar-refractivity contribution in [3.8, 4) is 5.75 Å². The molecule has 234 valence electrons. The van der Waals surface area contributed by atoms with Crippen molar-refractivity contribution < 1.29 is 18.7 Å². The number of aliphatic imine (C=N–C) groups is 1. The molecule has 1 saturated carbocycles. The van der Waals surface area contributed by atoms with E-state index in [0.717, 1.165) is 64.7 Å². The highest BCUT2D eigenvalue weighted by Gasteiger charge is 2.39. The lowest BCUT2D eigenvalue weighted by Crippen LogP contribution is -2.51. The first-order valence-corrected chi connectivity index (χ1v) is 15.7. The number of ether oxygens (including phenoxy) is 1. The van der Waals surface area contributed by atoms with Gasteiger partial charge in [-0.05, 0) is 63.8 Å². The molecule has 2 aliphatic heterocycles. The summed E-state index contributed by atoms with van der Waals surface area (Å²) in [6.45, 7) is 7.65. The Hall–Kier alpha value is -2.63. The van der Waals surface area contributed by atoms with Gasteiger partial charge in [0, 0.05) is 50.6 Å². The van der Waals surface area contributed by atoms with E-state index in [0.29, 0.717) is 30.7 Å². The molecule has 1 saturated heterocycles. The molecule has 2 fully saturated rings. The van der Waals surface area contributed by atoms with Crippen molar-refractivity contribution in [3.63, 3.8) is 0 Å². The summed E-state index contributed by atoms with van der Waals surface area (Å²) >= 11 is 0. The third kappa shape index (κ3) is 8.48. The van der Waals surface area contributed by atoms with Crippen LogP contribution in [0.15, 0.2) is 23.5 Å². The van der Waals surface area contributed by atoms with Crippen LogP contribution in [0.2, 0.25) is 0 Å². The van der Waals surface area contributed by atoms with Gasteiger partial charge in [0.1, 0.15) is 17.6 Å². The third-order valence-electron chi connectivity index (χ3n) is 9.32. The van der Waals surface area contributed by atoms with Crippen molar-refractivity contribution in [2.75, 3.05) is 38.5 Å². The van der Waals surface area contributed by atoms with E-state index >= 15 is 0 Å². The second-order valence-electron chi connectivity index (χ2n) is 12.9. The van der Waals surface area contributed by atoms with Crippen LogP contribution in [0.1, 0.15) is 71.6 Å². The molecule has 0 bridgehead atoms. The van der Waals surface area contributed by atoms with Crippen molar-refractivity contribution in [1.29, 1.82) is 0 Å². The van der Waals surface area contributed by atoms with Crippen LogP contribution >= 0.6 is 0 Å². The van der Waals surface area contributed by atoms with E-state index in [1.807, 2.05) is 4.90 Å². The second kappa shape index (κ2) is 14.7. The van der Waals surface area contributed by atoms with E-state index in [2.05, 4.69) is 41.1 Å². The first kappa shape index (κ1) is 32.3. The van der Waals surface area contributed by atoms with Crippen LogP contribution in [0.5, 0.6) is 5.75 Å². The quantitative estimate of drug-likeness (QED) is 0.377. The maximum atomic E-state index is 14.5. The molecule has 3 heterocycles. The highest BCUT2D eigenvalue weighted by molar-refractivity contribution is 5.94. The maximum Gasteiger partial charge on any atom is 0.232 e. The van der Waals surface area contributed by atoms with Crippen LogP contribution in [0.25, 0.3) is 0 Å². The van der Waals surface area contributed by atoms with E-state index in [9.17, 15) is 14.0 Å². The Morgan fingerprint density at radius 1 is 1.17 bits per heavy atom. The predicted octanol–water partition coefficient (Wildman–Crippen LogP) is 3.36. The number of pyridine rings is 1. The monoisotopic (exact) mass is 587 g/mol. The van der Waals surface area contributed by atoms with Gasteiger partial charge in [-0.15, -0.1) is 0 Å². The third-order valence-corrected chi connectivity index (χ3v) is 9.32. The molecule has 5 N–H and O–H groups in total. The van der Waals surface area contributed by atoms with Crippen LogP contribution < -0.4 is 21.5 Å². The average molecular weight is 588 g/mol. The van der Waals surface area contributed by atoms with Crippen molar-refractivity contribution >= 4 is 23.7 Å². The SMILES string of the molecule is CCCC1(C)CCC(F)/C=N\C(C(C(=O)Nc2cnccc2O[C@H]2CC[C@@H](C(=O)N3CCN(C)CC3)CC2)C(N)N)C1. The molecule has 4 atom stereocenters. The number of carbonyl (C=O) groups excluding carboxylic acids is 2. The highest BCUT2D eigenvalue weighted by atomic mass is 19.1. The lowest BCUT2D eigenvalue weighted by Gasteiger charge is -2.37. The van der Waals surface area contributed by atoms with Crippen LogP contribution in [0.4, 0.5) is 10.1 Å². The Bertz CT molecular complexity index is 1070. The summed E-state index contributed by atoms with van der Waals surface area (Å²) in [5.74, 6) is -0.442. The number of amides is 2. The number of halogens is 1. The number of aromatic nitrogens is 1. The number of nitrogens with two attached hydrogens (primary N) is 2. The summed E-state index contributed by atoms with van der Waals surface area (Å²) in [6, 6.07) is 1.18. The molecule has 4 rings (SSSR count). The van der Waals surface area contributed by atoms with Crippen LogP contribution in [0, 0.1) is 17.3 Å². The molecule has 2 amide bonds. The lowest BCUT2D eigenvalue weighted by molar-refractivity contribution is -0.138. The topological polar surface area (TPSA) is 139 Å². The number of alkyl halides is 1. The fourth-order valence-corrected chi connectivity index (χ4v) is 6.77. The van der Waals surface area contributed by atoms with Gasteiger partial charge < -0.3 is 31.3 Å². The smallest absolute Gasteiger partial charge is 0.232 e. The minimum Gasteiger partial charge on any atom is -0.488 e. The molecule has 0 aromatic carbocycles. The number of anilines is 1. The van der Waals surface area contributed by atoms with Gasteiger partial charge in [-0.2, -0.15) is 0 Å². The van der Waals surface area contributed by atoms with Crippen molar-refractivity contribution in [2.24, 2.45) is 33.7 Å². The molecule has 3 aliphatic rings. The molecule has 1 aliphatic carbocycles. The molecule has 1 aromatic heterocycles. The summed E-state index contributed by atoms with van der Waals surface area (Å²) in [6.07, 6.45) is 8.92. The average Bonchev–Trinajstić information content (AvgIpc) is 2.95. The van der Waals surface area contributed by atoms with Gasteiger partial charge in [-0.25, -0.2) is 4.39 Å². The minimum atomic E-state index is -1.16. The van der Waals surface area contributed by atoms with Crippen molar-refractivity contribution in [3.05, 3.63) is 18.5 Å². The van der Waals surface area contributed by atoms with E-state index in [1.165, 1.54) is 6.21 Å². The van der Waals surface area contributed by atoms with E-state index in [4.69, 9.17) is 16.2 Å². The number of rotatable bonds is 9. The summed E-state index contributed by atoms with van der Waals surface area (Å²) in [5.41, 5.74) is 12.6. The van der Waals surface area contributed by atoms with Crippen molar-refractivity contribution in [2.45, 2.75) is 96.1 Å². The summed E-state index contributed by atoms with van der Waals surface area (Å²) < 4.78 is 20.8. The van der Waals surface area contributed by atoms with Crippen LogP contribution in [-0.4, -0.2) is 90.5 Å². The zero-order valence-electron chi connectivity index (χ0n) is 25.5. The Labute approximate surface area is 249 Å². The Morgan fingerprint density at radius 2 is 1.88 bits per heavy atom. The van der Waals surface area contributed by atoms with E-state index < -0.39 is 24.3 Å². The number of likely N-dealkylation sites (N-methyl/N-ethyl adjacent to an activating group) is 1. The molecular weight excluding hydrogens is 537 g/mol. The summed E-state index contributed by atoms with van der Waals surface area (Å²) in [5, 5.41) is 2.94. The van der Waals surface area contributed by atoms with Gasteiger partial charge in [-0.1, -0.05) is 20.3 Å². The molecular formula is C31H50FN7O3. The Balaban J connectivity index is 1.40. The number of nitrogens with one attached hydrogen (secondary N) is 1. The molecule has 11 heteroatoms. The largest absolute Gasteiger partial charge is 0.488 e. The number of nitrogens with zero attached hydrogens (tertiary/aromatic N) is 4. The van der Waals surface area contributed by atoms with E-state index in [-0.39, 0.29) is 29.3 Å². The molecule has 4 unspecified atom stereocenters. The normalized spacial score (nSPS) is 30.7. The number of piperazine rings is 1. The first-order valence-electron chi connectivity index (χ1n) is 15.7. The van der Waals surface area contributed by atoms with Gasteiger partial charge in [0.25, 0.3) is 0 Å². The standard InChI is InChI=1S/C31H50FN7O3/c1-4-11-31(2)12-9-22(32)19-36-24(18-31)27(28(33)34)29(40)37-25-20-35-13-10-26(25)42-23-7-5-21(6-8-23)30(41)39-16-14-38(3)15-17-39/h10,13,19-24,27-28H,4-9,11-12,14-18,33-34H2,1-3H3,(H,37,40)/b36-19-/t21-,22?,23+,24?,27?,31?. The van der Waals surface area contributed by atoms with Crippen LogP contribution in [-0.2, 0) is 9.59 Å². The molecule has 1 aromatic rings. The highest BCUT2D eigenvalue weighted by Crippen LogP contribution is 2.39. The molecule has 0 spiro atoms. The molecule has 10 nitrogen and oxygen atoms in total. The zero-order valence-corrected chi connectivity index (χ0v) is 25.5. The van der Waals surface area contributed by atoms with Gasteiger partial charge in [-0.3, -0.25) is 19.6 Å². The fourth-order valence-electron chi connectivity index (χ4n) is 6.77. The maximum absolute atomic E-state index is 14.5.